The number of piperazine rings is 1. The highest BCUT2D eigenvalue weighted by Gasteiger charge is 2.25. The molecule has 6 nitrogen and oxygen atoms in total. The Morgan fingerprint density at radius 3 is 2.20 bits per heavy atom. The van der Waals surface area contributed by atoms with Crippen molar-refractivity contribution in [1.82, 2.24) is 10.2 Å². The lowest BCUT2D eigenvalue weighted by Gasteiger charge is -2.36. The molecule has 1 N–H and O–H groups in total. The number of amides is 1. The van der Waals surface area contributed by atoms with Gasteiger partial charge in [-0.25, -0.2) is 0 Å². The average molecular weight is 300 g/mol. The molecule has 0 spiro atoms. The van der Waals surface area contributed by atoms with Crippen molar-refractivity contribution in [2.75, 3.05) is 13.1 Å². The summed E-state index contributed by atoms with van der Waals surface area (Å²) in [5.41, 5.74) is 0.491. The molecule has 1 amide bonds. The van der Waals surface area contributed by atoms with E-state index in [0.29, 0.717) is 18.7 Å². The van der Waals surface area contributed by atoms with Gasteiger partial charge < -0.3 is 10.2 Å². The van der Waals surface area contributed by atoms with Crippen molar-refractivity contribution in [3.05, 3.63) is 39.9 Å². The standard InChI is InChI=1S/C13H17N3O3.ClH/c1-9-7-15(8-10(2)14-9)13(17)11-3-5-12(6-4-11)16(18)19;/h3-6,9-10,14H,7-8H2,1-2H3;1H. The van der Waals surface area contributed by atoms with Gasteiger partial charge in [0.05, 0.1) is 4.92 Å². The molecular formula is C13H18ClN3O3. The van der Waals surface area contributed by atoms with Crippen molar-refractivity contribution in [3.63, 3.8) is 0 Å². The third-order valence-electron chi connectivity index (χ3n) is 3.17. The number of nitro groups is 1. The Bertz CT molecular complexity index is 482. The van der Waals surface area contributed by atoms with Crippen molar-refractivity contribution >= 4 is 24.0 Å². The fourth-order valence-corrected chi connectivity index (χ4v) is 2.40. The zero-order chi connectivity index (χ0) is 14.0. The molecule has 1 aromatic rings. The smallest absolute Gasteiger partial charge is 0.269 e. The monoisotopic (exact) mass is 299 g/mol. The molecule has 1 saturated heterocycles. The van der Waals surface area contributed by atoms with Gasteiger partial charge in [0.15, 0.2) is 0 Å². The van der Waals surface area contributed by atoms with Crippen LogP contribution in [0.15, 0.2) is 24.3 Å². The van der Waals surface area contributed by atoms with Gasteiger partial charge in [0.1, 0.15) is 0 Å². The number of nitrogens with one attached hydrogen (secondary N) is 1. The molecule has 0 bridgehead atoms. The van der Waals surface area contributed by atoms with Gasteiger partial charge in [0, 0.05) is 42.9 Å². The molecule has 0 radical (unpaired) electrons. The second-order valence-corrected chi connectivity index (χ2v) is 4.98. The van der Waals surface area contributed by atoms with Crippen LogP contribution in [0.1, 0.15) is 24.2 Å². The minimum atomic E-state index is -0.469. The number of nitrogens with zero attached hydrogens (tertiary/aromatic N) is 2. The van der Waals surface area contributed by atoms with Gasteiger partial charge in [-0.1, -0.05) is 0 Å². The van der Waals surface area contributed by atoms with Crippen molar-refractivity contribution in [2.45, 2.75) is 25.9 Å². The number of non-ortho nitro benzene ring substituents is 1. The van der Waals surface area contributed by atoms with E-state index < -0.39 is 4.92 Å². The highest BCUT2D eigenvalue weighted by Crippen LogP contribution is 2.15. The largest absolute Gasteiger partial charge is 0.336 e. The molecule has 7 heteroatoms. The molecule has 0 aromatic heterocycles. The summed E-state index contributed by atoms with van der Waals surface area (Å²) >= 11 is 0. The lowest BCUT2D eigenvalue weighted by atomic mass is 10.1. The molecule has 1 aromatic carbocycles. The van der Waals surface area contributed by atoms with Crippen LogP contribution >= 0.6 is 12.4 Å². The number of hydrogen-bond donors (Lipinski definition) is 1. The molecule has 2 unspecified atom stereocenters. The molecule has 1 aliphatic heterocycles. The summed E-state index contributed by atoms with van der Waals surface area (Å²) in [5, 5.41) is 13.9. The van der Waals surface area contributed by atoms with Crippen LogP contribution in [0.5, 0.6) is 0 Å². The summed E-state index contributed by atoms with van der Waals surface area (Å²) < 4.78 is 0. The van der Waals surface area contributed by atoms with Crippen LogP contribution in [-0.4, -0.2) is 40.9 Å². The summed E-state index contributed by atoms with van der Waals surface area (Å²) in [6.45, 7) is 5.37. The normalized spacial score (nSPS) is 22.0. The first-order chi connectivity index (χ1) is 8.97. The molecule has 1 heterocycles. The summed E-state index contributed by atoms with van der Waals surface area (Å²) in [4.78, 5) is 24.2. The number of carbonyl (C=O) groups is 1. The third kappa shape index (κ3) is 3.68. The van der Waals surface area contributed by atoms with E-state index in [0.717, 1.165) is 0 Å². The minimum Gasteiger partial charge on any atom is -0.336 e. The highest BCUT2D eigenvalue weighted by molar-refractivity contribution is 5.94. The predicted octanol–water partition coefficient (Wildman–Crippen LogP) is 1.84. The maximum atomic E-state index is 12.3. The molecule has 2 atom stereocenters. The molecule has 1 aliphatic rings. The lowest BCUT2D eigenvalue weighted by molar-refractivity contribution is -0.384. The Labute approximate surface area is 123 Å². The maximum absolute atomic E-state index is 12.3. The van der Waals surface area contributed by atoms with Crippen LogP contribution in [0.3, 0.4) is 0 Å². The average Bonchev–Trinajstić information content (AvgIpc) is 2.37. The van der Waals surface area contributed by atoms with E-state index >= 15 is 0 Å². The SMILES string of the molecule is CC1CN(C(=O)c2ccc([N+](=O)[O-])cc2)CC(C)N1.Cl. The molecule has 0 aliphatic carbocycles. The van der Waals surface area contributed by atoms with Crippen molar-refractivity contribution < 1.29 is 9.72 Å². The Balaban J connectivity index is 0.00000200. The van der Waals surface area contributed by atoms with Gasteiger partial charge in [-0.05, 0) is 26.0 Å². The summed E-state index contributed by atoms with van der Waals surface area (Å²) in [6, 6.07) is 6.26. The van der Waals surface area contributed by atoms with E-state index in [2.05, 4.69) is 5.32 Å². The molecular weight excluding hydrogens is 282 g/mol. The van der Waals surface area contributed by atoms with Crippen LogP contribution < -0.4 is 5.32 Å². The van der Waals surface area contributed by atoms with E-state index in [1.807, 2.05) is 13.8 Å². The first-order valence-electron chi connectivity index (χ1n) is 6.27. The predicted molar refractivity (Wildman–Crippen MR) is 78.3 cm³/mol. The molecule has 2 rings (SSSR count). The Morgan fingerprint density at radius 2 is 1.75 bits per heavy atom. The molecule has 20 heavy (non-hydrogen) atoms. The van der Waals surface area contributed by atoms with Crippen LogP contribution in [0.4, 0.5) is 5.69 Å². The van der Waals surface area contributed by atoms with Crippen molar-refractivity contribution in [2.24, 2.45) is 0 Å². The van der Waals surface area contributed by atoms with Gasteiger partial charge in [0.25, 0.3) is 11.6 Å². The number of benzene rings is 1. The second-order valence-electron chi connectivity index (χ2n) is 4.98. The van der Waals surface area contributed by atoms with Gasteiger partial charge >= 0.3 is 0 Å². The first-order valence-corrected chi connectivity index (χ1v) is 6.27. The topological polar surface area (TPSA) is 75.5 Å². The van der Waals surface area contributed by atoms with Crippen LogP contribution in [-0.2, 0) is 0 Å². The lowest BCUT2D eigenvalue weighted by Crippen LogP contribution is -2.55. The minimum absolute atomic E-state index is 0. The fourth-order valence-electron chi connectivity index (χ4n) is 2.40. The van der Waals surface area contributed by atoms with E-state index in [-0.39, 0.29) is 36.1 Å². The Hall–Kier alpha value is -1.66. The van der Waals surface area contributed by atoms with Crippen molar-refractivity contribution in [1.29, 1.82) is 0 Å². The zero-order valence-corrected chi connectivity index (χ0v) is 12.2. The zero-order valence-electron chi connectivity index (χ0n) is 11.4. The van der Waals surface area contributed by atoms with E-state index in [9.17, 15) is 14.9 Å². The first kappa shape index (κ1) is 16.4. The van der Waals surface area contributed by atoms with Crippen molar-refractivity contribution in [3.8, 4) is 0 Å². The van der Waals surface area contributed by atoms with E-state index in [1.165, 1.54) is 24.3 Å². The number of nitro benzene ring substituents is 1. The summed E-state index contributed by atoms with van der Waals surface area (Å²) in [6.07, 6.45) is 0. The summed E-state index contributed by atoms with van der Waals surface area (Å²) in [5.74, 6) is -0.0740. The van der Waals surface area contributed by atoms with Gasteiger partial charge in [-0.15, -0.1) is 12.4 Å². The van der Waals surface area contributed by atoms with E-state index in [4.69, 9.17) is 0 Å². The maximum Gasteiger partial charge on any atom is 0.269 e. The Kier molecular flexibility index (Phi) is 5.47. The third-order valence-corrected chi connectivity index (χ3v) is 3.17. The van der Waals surface area contributed by atoms with Crippen LogP contribution in [0, 0.1) is 10.1 Å². The van der Waals surface area contributed by atoms with Crippen LogP contribution in [0.25, 0.3) is 0 Å². The highest BCUT2D eigenvalue weighted by atomic mass is 35.5. The number of hydrogen-bond acceptors (Lipinski definition) is 4. The molecule has 1 fully saturated rings. The van der Waals surface area contributed by atoms with Gasteiger partial charge in [-0.2, -0.15) is 0 Å². The number of rotatable bonds is 2. The van der Waals surface area contributed by atoms with Gasteiger partial charge in [-0.3, -0.25) is 14.9 Å². The summed E-state index contributed by atoms with van der Waals surface area (Å²) in [7, 11) is 0. The quantitative estimate of drug-likeness (QED) is 0.668. The number of carbonyl (C=O) groups excluding carboxylic acids is 1. The van der Waals surface area contributed by atoms with Crippen LogP contribution in [0.2, 0.25) is 0 Å². The number of halogens is 1. The second kappa shape index (κ2) is 6.67. The molecule has 0 saturated carbocycles. The van der Waals surface area contributed by atoms with E-state index in [1.54, 1.807) is 4.90 Å². The van der Waals surface area contributed by atoms with Gasteiger partial charge in [0.2, 0.25) is 0 Å². The molecule has 110 valence electrons. The fraction of sp³-hybridized carbons (Fsp3) is 0.462. The Morgan fingerprint density at radius 1 is 1.25 bits per heavy atom.